The summed E-state index contributed by atoms with van der Waals surface area (Å²) in [6.07, 6.45) is 24.8. The van der Waals surface area contributed by atoms with Crippen LogP contribution in [-0.4, -0.2) is 11.1 Å². The van der Waals surface area contributed by atoms with E-state index in [0.717, 1.165) is 12.8 Å². The standard InChI is InChI=1S/C22H40O2/c1-3-4-5-6-7-8-9-10-11-12-13-14-15-16-17-18-19-20-21(2)22(23)24/h3,20H,1,4-19H2,2H3,(H,23,24). The molecule has 0 saturated carbocycles. The lowest BCUT2D eigenvalue weighted by Crippen LogP contribution is -1.95. The molecular weight excluding hydrogens is 296 g/mol. The summed E-state index contributed by atoms with van der Waals surface area (Å²) >= 11 is 0. The molecule has 0 aromatic heterocycles. The van der Waals surface area contributed by atoms with E-state index in [1.54, 1.807) is 6.92 Å². The van der Waals surface area contributed by atoms with Crippen LogP contribution in [0.25, 0.3) is 0 Å². The number of carbonyl (C=O) groups is 1. The predicted octanol–water partition coefficient (Wildman–Crippen LogP) is 7.44. The highest BCUT2D eigenvalue weighted by Gasteiger charge is 1.98. The van der Waals surface area contributed by atoms with Gasteiger partial charge in [-0.25, -0.2) is 4.79 Å². The molecule has 0 aromatic carbocycles. The third kappa shape index (κ3) is 17.3. The third-order valence-electron chi connectivity index (χ3n) is 4.65. The number of hydrogen-bond donors (Lipinski definition) is 1. The zero-order chi connectivity index (χ0) is 17.9. The summed E-state index contributed by atoms with van der Waals surface area (Å²) in [5, 5.41) is 8.75. The Labute approximate surface area is 150 Å². The second-order valence-corrected chi connectivity index (χ2v) is 7.01. The second kappa shape index (κ2) is 18.3. The maximum Gasteiger partial charge on any atom is 0.330 e. The molecule has 2 nitrogen and oxygen atoms in total. The normalized spacial score (nSPS) is 11.6. The Bertz CT molecular complexity index is 331. The molecular formula is C22H40O2. The van der Waals surface area contributed by atoms with Gasteiger partial charge in [-0.3, -0.25) is 0 Å². The Morgan fingerprint density at radius 3 is 1.38 bits per heavy atom. The Hall–Kier alpha value is -1.05. The van der Waals surface area contributed by atoms with Crippen LogP contribution in [0.3, 0.4) is 0 Å². The number of hydrogen-bond acceptors (Lipinski definition) is 1. The predicted molar refractivity (Wildman–Crippen MR) is 105 cm³/mol. The van der Waals surface area contributed by atoms with E-state index >= 15 is 0 Å². The van der Waals surface area contributed by atoms with Gasteiger partial charge in [0.25, 0.3) is 0 Å². The van der Waals surface area contributed by atoms with Crippen molar-refractivity contribution < 1.29 is 9.90 Å². The summed E-state index contributed by atoms with van der Waals surface area (Å²) in [7, 11) is 0. The maximum absolute atomic E-state index is 10.6. The molecule has 0 heterocycles. The highest BCUT2D eigenvalue weighted by Crippen LogP contribution is 2.14. The summed E-state index contributed by atoms with van der Waals surface area (Å²) in [5.74, 6) is -0.789. The van der Waals surface area contributed by atoms with Crippen LogP contribution in [0.5, 0.6) is 0 Å². The summed E-state index contributed by atoms with van der Waals surface area (Å²) in [5.41, 5.74) is 0.478. The van der Waals surface area contributed by atoms with Crippen molar-refractivity contribution in [2.75, 3.05) is 0 Å². The first kappa shape index (κ1) is 22.9. The van der Waals surface area contributed by atoms with E-state index < -0.39 is 5.97 Å². The highest BCUT2D eigenvalue weighted by atomic mass is 16.4. The topological polar surface area (TPSA) is 37.3 Å². The van der Waals surface area contributed by atoms with E-state index in [0.29, 0.717) is 5.57 Å². The second-order valence-electron chi connectivity index (χ2n) is 7.01. The van der Waals surface area contributed by atoms with E-state index in [4.69, 9.17) is 5.11 Å². The molecule has 0 unspecified atom stereocenters. The first-order valence-corrected chi connectivity index (χ1v) is 10.2. The lowest BCUT2D eigenvalue weighted by molar-refractivity contribution is -0.132. The molecule has 0 fully saturated rings. The maximum atomic E-state index is 10.6. The summed E-state index contributed by atoms with van der Waals surface area (Å²) in [4.78, 5) is 10.6. The van der Waals surface area contributed by atoms with E-state index in [1.165, 1.54) is 89.9 Å². The van der Waals surface area contributed by atoms with Gasteiger partial charge in [-0.15, -0.1) is 6.58 Å². The molecule has 0 radical (unpaired) electrons. The molecule has 0 atom stereocenters. The minimum Gasteiger partial charge on any atom is -0.478 e. The third-order valence-corrected chi connectivity index (χ3v) is 4.65. The van der Waals surface area contributed by atoms with Crippen LogP contribution in [0.4, 0.5) is 0 Å². The van der Waals surface area contributed by atoms with Crippen molar-refractivity contribution in [3.8, 4) is 0 Å². The van der Waals surface area contributed by atoms with Gasteiger partial charge in [0.15, 0.2) is 0 Å². The average molecular weight is 337 g/mol. The average Bonchev–Trinajstić information content (AvgIpc) is 2.57. The van der Waals surface area contributed by atoms with Gasteiger partial charge in [0.05, 0.1) is 0 Å². The Kier molecular flexibility index (Phi) is 17.5. The van der Waals surface area contributed by atoms with E-state index in [9.17, 15) is 4.79 Å². The van der Waals surface area contributed by atoms with Gasteiger partial charge < -0.3 is 5.11 Å². The van der Waals surface area contributed by atoms with Gasteiger partial charge in [-0.1, -0.05) is 89.2 Å². The summed E-state index contributed by atoms with van der Waals surface area (Å²) in [6.45, 7) is 5.43. The molecule has 140 valence electrons. The molecule has 0 bridgehead atoms. The number of allylic oxidation sites excluding steroid dienone is 2. The Balaban J connectivity index is 3.11. The van der Waals surface area contributed by atoms with Gasteiger partial charge in [0, 0.05) is 5.57 Å². The smallest absolute Gasteiger partial charge is 0.330 e. The van der Waals surface area contributed by atoms with Crippen LogP contribution in [0.2, 0.25) is 0 Å². The van der Waals surface area contributed by atoms with Crippen molar-refractivity contribution in [2.24, 2.45) is 0 Å². The van der Waals surface area contributed by atoms with Crippen molar-refractivity contribution in [3.63, 3.8) is 0 Å². The van der Waals surface area contributed by atoms with Crippen molar-refractivity contribution in [1.82, 2.24) is 0 Å². The van der Waals surface area contributed by atoms with Gasteiger partial charge in [-0.2, -0.15) is 0 Å². The molecule has 1 N–H and O–H groups in total. The molecule has 0 saturated heterocycles. The molecule has 0 spiro atoms. The van der Waals surface area contributed by atoms with Gasteiger partial charge in [-0.05, 0) is 32.6 Å². The lowest BCUT2D eigenvalue weighted by atomic mass is 10.0. The van der Waals surface area contributed by atoms with E-state index in [2.05, 4.69) is 6.58 Å². The van der Waals surface area contributed by atoms with Gasteiger partial charge in [0.2, 0.25) is 0 Å². The van der Waals surface area contributed by atoms with Crippen molar-refractivity contribution in [1.29, 1.82) is 0 Å². The number of unbranched alkanes of at least 4 members (excludes halogenated alkanes) is 15. The first-order chi connectivity index (χ1) is 11.7. The zero-order valence-corrected chi connectivity index (χ0v) is 16.0. The van der Waals surface area contributed by atoms with Gasteiger partial charge >= 0.3 is 5.97 Å². The molecule has 0 aromatic rings. The monoisotopic (exact) mass is 336 g/mol. The summed E-state index contributed by atoms with van der Waals surface area (Å²) in [6, 6.07) is 0. The Morgan fingerprint density at radius 2 is 1.04 bits per heavy atom. The highest BCUT2D eigenvalue weighted by molar-refractivity contribution is 5.85. The van der Waals surface area contributed by atoms with Crippen molar-refractivity contribution in [3.05, 3.63) is 24.3 Å². The minimum absolute atomic E-state index is 0.478. The van der Waals surface area contributed by atoms with Crippen LogP contribution in [0.1, 0.15) is 110 Å². The molecule has 0 rings (SSSR count). The SMILES string of the molecule is C=CCCCCCCCCCCCCCCCCC=C(C)C(=O)O. The molecule has 0 aliphatic carbocycles. The minimum atomic E-state index is -0.789. The molecule has 2 heteroatoms. The fourth-order valence-corrected chi connectivity index (χ4v) is 2.96. The molecule has 0 aliphatic rings. The number of aliphatic carboxylic acids is 1. The van der Waals surface area contributed by atoms with Crippen LogP contribution in [-0.2, 0) is 4.79 Å². The fraction of sp³-hybridized carbons (Fsp3) is 0.773. The van der Waals surface area contributed by atoms with Gasteiger partial charge in [0.1, 0.15) is 0 Å². The quantitative estimate of drug-likeness (QED) is 0.160. The van der Waals surface area contributed by atoms with Crippen molar-refractivity contribution in [2.45, 2.75) is 110 Å². The molecule has 24 heavy (non-hydrogen) atoms. The fourth-order valence-electron chi connectivity index (χ4n) is 2.96. The number of carboxylic acid groups (broad SMARTS) is 1. The van der Waals surface area contributed by atoms with E-state index in [-0.39, 0.29) is 0 Å². The lowest BCUT2D eigenvalue weighted by Gasteiger charge is -2.03. The largest absolute Gasteiger partial charge is 0.478 e. The van der Waals surface area contributed by atoms with Crippen LogP contribution in [0.15, 0.2) is 24.3 Å². The van der Waals surface area contributed by atoms with Crippen LogP contribution in [0, 0.1) is 0 Å². The number of carboxylic acids is 1. The number of rotatable bonds is 18. The van der Waals surface area contributed by atoms with Crippen LogP contribution < -0.4 is 0 Å². The van der Waals surface area contributed by atoms with E-state index in [1.807, 2.05) is 12.2 Å². The summed E-state index contributed by atoms with van der Waals surface area (Å²) < 4.78 is 0. The first-order valence-electron chi connectivity index (χ1n) is 10.2. The zero-order valence-electron chi connectivity index (χ0n) is 16.0. The molecule has 0 aliphatic heterocycles. The van der Waals surface area contributed by atoms with Crippen LogP contribution >= 0.6 is 0 Å². The Morgan fingerprint density at radius 1 is 0.708 bits per heavy atom. The van der Waals surface area contributed by atoms with Crippen molar-refractivity contribution >= 4 is 5.97 Å². The molecule has 0 amide bonds.